The number of carbonyl (C=O) groups excluding carboxylic acids is 2. The smallest absolute Gasteiger partial charge is 0.344 e. The first-order valence-corrected chi connectivity index (χ1v) is 6.61. The summed E-state index contributed by atoms with van der Waals surface area (Å²) in [5.41, 5.74) is 0.871. The van der Waals surface area contributed by atoms with Crippen LogP contribution in [0.5, 0.6) is 0 Å². The van der Waals surface area contributed by atoms with Crippen LogP contribution in [0.4, 0.5) is 10.1 Å². The Balaban J connectivity index is 1.93. The van der Waals surface area contributed by atoms with Gasteiger partial charge >= 0.3 is 5.97 Å². The first-order chi connectivity index (χ1) is 10.4. The van der Waals surface area contributed by atoms with Gasteiger partial charge in [-0.3, -0.25) is 4.79 Å². The van der Waals surface area contributed by atoms with Gasteiger partial charge in [0.25, 0.3) is 5.91 Å². The molecule has 0 aliphatic heterocycles. The summed E-state index contributed by atoms with van der Waals surface area (Å²) in [6.07, 6.45) is 0. The van der Waals surface area contributed by atoms with Crippen molar-refractivity contribution in [3.05, 3.63) is 46.1 Å². The van der Waals surface area contributed by atoms with Gasteiger partial charge in [0.05, 0.1) is 10.7 Å². The van der Waals surface area contributed by atoms with Crippen molar-refractivity contribution in [2.24, 2.45) is 0 Å². The molecular weight excluding hydrogens is 315 g/mol. The Bertz CT molecular complexity index is 710. The first-order valence-electron chi connectivity index (χ1n) is 6.23. The summed E-state index contributed by atoms with van der Waals surface area (Å²) >= 11 is 5.60. The van der Waals surface area contributed by atoms with Crippen LogP contribution in [0.1, 0.15) is 21.8 Å². The van der Waals surface area contributed by atoms with E-state index in [4.69, 9.17) is 20.9 Å². The number of aryl methyl sites for hydroxylation is 2. The molecule has 0 saturated heterocycles. The van der Waals surface area contributed by atoms with E-state index in [1.54, 1.807) is 13.8 Å². The number of aromatic nitrogens is 1. The average molecular weight is 327 g/mol. The van der Waals surface area contributed by atoms with E-state index >= 15 is 0 Å². The molecule has 22 heavy (non-hydrogen) atoms. The topological polar surface area (TPSA) is 81.4 Å². The average Bonchev–Trinajstić information content (AvgIpc) is 2.80. The molecule has 6 nitrogen and oxygen atoms in total. The van der Waals surface area contributed by atoms with Crippen LogP contribution < -0.4 is 5.32 Å². The molecule has 1 amide bonds. The molecule has 0 aliphatic rings. The van der Waals surface area contributed by atoms with Gasteiger partial charge in [0.2, 0.25) is 0 Å². The SMILES string of the molecule is Cc1noc(C)c1C(=O)OCC(=O)Nc1ccc(F)c(Cl)c1. The van der Waals surface area contributed by atoms with Crippen molar-refractivity contribution in [2.75, 3.05) is 11.9 Å². The van der Waals surface area contributed by atoms with Crippen LogP contribution in [0.3, 0.4) is 0 Å². The number of amides is 1. The van der Waals surface area contributed by atoms with Gasteiger partial charge in [0, 0.05) is 5.69 Å². The number of rotatable bonds is 4. The minimum atomic E-state index is -0.705. The van der Waals surface area contributed by atoms with Crippen molar-refractivity contribution in [1.82, 2.24) is 5.16 Å². The van der Waals surface area contributed by atoms with Crippen LogP contribution in [0, 0.1) is 19.7 Å². The zero-order chi connectivity index (χ0) is 16.3. The standard InChI is InChI=1S/C14H12ClFN2O4/c1-7-13(8(2)22-18-7)14(20)21-6-12(19)17-9-3-4-11(16)10(15)5-9/h3-5H,6H2,1-2H3,(H,17,19). The van der Waals surface area contributed by atoms with Gasteiger partial charge in [-0.15, -0.1) is 0 Å². The fourth-order valence-electron chi connectivity index (χ4n) is 1.75. The number of hydrogen-bond acceptors (Lipinski definition) is 5. The number of esters is 1. The molecular formula is C14H12ClFN2O4. The zero-order valence-electron chi connectivity index (χ0n) is 11.8. The number of benzene rings is 1. The van der Waals surface area contributed by atoms with Crippen LogP contribution in [0.2, 0.25) is 5.02 Å². The Labute approximate surface area is 130 Å². The monoisotopic (exact) mass is 326 g/mol. The second kappa shape index (κ2) is 6.57. The highest BCUT2D eigenvalue weighted by Gasteiger charge is 2.19. The Hall–Kier alpha value is -2.41. The molecule has 0 unspecified atom stereocenters. The molecule has 1 aromatic heterocycles. The van der Waals surface area contributed by atoms with Gasteiger partial charge in [-0.2, -0.15) is 0 Å². The highest BCUT2D eigenvalue weighted by Crippen LogP contribution is 2.19. The van der Waals surface area contributed by atoms with E-state index < -0.39 is 24.3 Å². The van der Waals surface area contributed by atoms with Gasteiger partial charge in [0.1, 0.15) is 17.1 Å². The van der Waals surface area contributed by atoms with Gasteiger partial charge < -0.3 is 14.6 Å². The van der Waals surface area contributed by atoms with Gasteiger partial charge in [-0.25, -0.2) is 9.18 Å². The van der Waals surface area contributed by atoms with E-state index in [9.17, 15) is 14.0 Å². The first kappa shape index (κ1) is 16.0. The van der Waals surface area contributed by atoms with Crippen molar-refractivity contribution in [3.8, 4) is 0 Å². The van der Waals surface area contributed by atoms with Crippen LogP contribution in [-0.4, -0.2) is 23.6 Å². The maximum atomic E-state index is 13.0. The molecule has 8 heteroatoms. The lowest BCUT2D eigenvalue weighted by atomic mass is 10.2. The highest BCUT2D eigenvalue weighted by molar-refractivity contribution is 6.31. The number of anilines is 1. The molecule has 2 rings (SSSR count). The fourth-order valence-corrected chi connectivity index (χ4v) is 1.93. The number of ether oxygens (including phenoxy) is 1. The molecule has 116 valence electrons. The predicted octanol–water partition coefficient (Wildman–Crippen LogP) is 2.88. The van der Waals surface area contributed by atoms with Crippen molar-refractivity contribution in [2.45, 2.75) is 13.8 Å². The quantitative estimate of drug-likeness (QED) is 0.874. The normalized spacial score (nSPS) is 10.4. The van der Waals surface area contributed by atoms with E-state index in [1.165, 1.54) is 12.1 Å². The van der Waals surface area contributed by atoms with Gasteiger partial charge in [0.15, 0.2) is 6.61 Å². The van der Waals surface area contributed by atoms with E-state index in [1.807, 2.05) is 0 Å². The van der Waals surface area contributed by atoms with E-state index in [0.717, 1.165) is 6.07 Å². The summed E-state index contributed by atoms with van der Waals surface area (Å²) in [5.74, 6) is -1.57. The molecule has 0 bridgehead atoms. The van der Waals surface area contributed by atoms with Crippen molar-refractivity contribution < 1.29 is 23.2 Å². The van der Waals surface area contributed by atoms with Crippen LogP contribution >= 0.6 is 11.6 Å². The minimum absolute atomic E-state index is 0.120. The third-order valence-electron chi connectivity index (χ3n) is 2.78. The van der Waals surface area contributed by atoms with Crippen molar-refractivity contribution in [1.29, 1.82) is 0 Å². The predicted molar refractivity (Wildman–Crippen MR) is 76.3 cm³/mol. The molecule has 0 spiro atoms. The van der Waals surface area contributed by atoms with E-state index in [0.29, 0.717) is 17.1 Å². The molecule has 0 atom stereocenters. The number of carbonyl (C=O) groups is 2. The summed E-state index contributed by atoms with van der Waals surface area (Å²) in [6.45, 7) is 2.66. The zero-order valence-corrected chi connectivity index (χ0v) is 12.5. The number of halogens is 2. The Morgan fingerprint density at radius 1 is 1.41 bits per heavy atom. The third-order valence-corrected chi connectivity index (χ3v) is 3.06. The van der Waals surface area contributed by atoms with Crippen LogP contribution in [0.25, 0.3) is 0 Å². The van der Waals surface area contributed by atoms with Crippen LogP contribution in [-0.2, 0) is 9.53 Å². The highest BCUT2D eigenvalue weighted by atomic mass is 35.5. The molecule has 1 heterocycles. The molecule has 0 radical (unpaired) electrons. The second-order valence-corrected chi connectivity index (χ2v) is 4.86. The van der Waals surface area contributed by atoms with E-state index in [2.05, 4.69) is 10.5 Å². The van der Waals surface area contributed by atoms with E-state index in [-0.39, 0.29) is 10.6 Å². The maximum absolute atomic E-state index is 13.0. The molecule has 0 fully saturated rings. The van der Waals surface area contributed by atoms with Gasteiger partial charge in [-0.05, 0) is 32.0 Å². The Kier molecular flexibility index (Phi) is 4.77. The van der Waals surface area contributed by atoms with Crippen molar-refractivity contribution >= 4 is 29.2 Å². The Morgan fingerprint density at radius 3 is 2.73 bits per heavy atom. The molecule has 0 saturated carbocycles. The maximum Gasteiger partial charge on any atom is 0.344 e. The molecule has 2 aromatic rings. The second-order valence-electron chi connectivity index (χ2n) is 4.45. The number of nitrogens with one attached hydrogen (secondary N) is 1. The number of nitrogens with zero attached hydrogens (tertiary/aromatic N) is 1. The summed E-state index contributed by atoms with van der Waals surface area (Å²) in [7, 11) is 0. The summed E-state index contributed by atoms with van der Waals surface area (Å²) in [6, 6.07) is 3.72. The van der Waals surface area contributed by atoms with Crippen molar-refractivity contribution in [3.63, 3.8) is 0 Å². The summed E-state index contributed by atoms with van der Waals surface area (Å²) in [4.78, 5) is 23.5. The fraction of sp³-hybridized carbons (Fsp3) is 0.214. The largest absolute Gasteiger partial charge is 0.452 e. The Morgan fingerprint density at radius 2 is 2.14 bits per heavy atom. The lowest BCUT2D eigenvalue weighted by molar-refractivity contribution is -0.119. The lowest BCUT2D eigenvalue weighted by Crippen LogP contribution is -2.21. The van der Waals surface area contributed by atoms with Crippen LogP contribution in [0.15, 0.2) is 22.7 Å². The third kappa shape index (κ3) is 3.62. The number of hydrogen-bond donors (Lipinski definition) is 1. The summed E-state index contributed by atoms with van der Waals surface area (Å²) < 4.78 is 22.7. The molecule has 1 aromatic carbocycles. The summed E-state index contributed by atoms with van der Waals surface area (Å²) in [5, 5.41) is 5.94. The lowest BCUT2D eigenvalue weighted by Gasteiger charge is -2.07. The molecule has 1 N–H and O–H groups in total. The van der Waals surface area contributed by atoms with Gasteiger partial charge in [-0.1, -0.05) is 16.8 Å². The minimum Gasteiger partial charge on any atom is -0.452 e. The molecule has 0 aliphatic carbocycles.